The summed E-state index contributed by atoms with van der Waals surface area (Å²) in [5.74, 6) is 0.758. The molecule has 0 aliphatic rings. The van der Waals surface area contributed by atoms with Crippen LogP contribution >= 0.6 is 0 Å². The molecule has 0 radical (unpaired) electrons. The van der Waals surface area contributed by atoms with Crippen molar-refractivity contribution in [3.8, 4) is 11.4 Å². The minimum absolute atomic E-state index is 0.0858. The summed E-state index contributed by atoms with van der Waals surface area (Å²) in [7, 11) is 0. The number of nitro groups is 1. The minimum Gasteiger partial charge on any atom is -0.491 e. The van der Waals surface area contributed by atoms with Crippen molar-refractivity contribution in [2.24, 2.45) is 0 Å². The van der Waals surface area contributed by atoms with Crippen molar-refractivity contribution in [3.63, 3.8) is 0 Å². The highest BCUT2D eigenvalue weighted by molar-refractivity contribution is 6.09. The van der Waals surface area contributed by atoms with Gasteiger partial charge in [-0.15, -0.1) is 0 Å². The van der Waals surface area contributed by atoms with Crippen molar-refractivity contribution in [2.75, 3.05) is 33.0 Å². The predicted molar refractivity (Wildman–Crippen MR) is 120 cm³/mol. The summed E-state index contributed by atoms with van der Waals surface area (Å²) in [5.41, 5.74) is 2.96. The van der Waals surface area contributed by atoms with Gasteiger partial charge < -0.3 is 18.8 Å². The van der Waals surface area contributed by atoms with Crippen molar-refractivity contribution >= 4 is 27.5 Å². The Morgan fingerprint density at radius 3 is 2.32 bits per heavy atom. The van der Waals surface area contributed by atoms with Crippen LogP contribution in [0, 0.1) is 10.1 Å². The monoisotopic (exact) mass is 420 g/mol. The summed E-state index contributed by atoms with van der Waals surface area (Å²) in [6.45, 7) is 4.76. The second-order valence-corrected chi connectivity index (χ2v) is 6.96. The van der Waals surface area contributed by atoms with Gasteiger partial charge in [-0.1, -0.05) is 18.2 Å². The topological polar surface area (TPSA) is 75.8 Å². The van der Waals surface area contributed by atoms with Crippen molar-refractivity contribution < 1.29 is 19.1 Å². The number of rotatable bonds is 10. The van der Waals surface area contributed by atoms with E-state index in [4.69, 9.17) is 14.2 Å². The van der Waals surface area contributed by atoms with Gasteiger partial charge in [0.15, 0.2) is 0 Å². The quantitative estimate of drug-likeness (QED) is 0.202. The molecule has 0 atom stereocenters. The van der Waals surface area contributed by atoms with Crippen LogP contribution in [0.3, 0.4) is 0 Å². The van der Waals surface area contributed by atoms with Gasteiger partial charge in [0, 0.05) is 35.2 Å². The molecule has 1 aromatic heterocycles. The summed E-state index contributed by atoms with van der Waals surface area (Å²) in [6.07, 6.45) is 0. The smallest absolute Gasteiger partial charge is 0.270 e. The fourth-order valence-electron chi connectivity index (χ4n) is 3.63. The number of hydrogen-bond donors (Lipinski definition) is 0. The molecule has 7 nitrogen and oxygen atoms in total. The third-order valence-electron chi connectivity index (χ3n) is 5.03. The SMILES string of the molecule is CCOCCOCCOc1ccc(-n2c3ccccc3c3cc([N+](=O)[O-])ccc32)cc1. The molecule has 7 heteroatoms. The van der Waals surface area contributed by atoms with E-state index in [1.807, 2.05) is 55.5 Å². The highest BCUT2D eigenvalue weighted by Gasteiger charge is 2.15. The van der Waals surface area contributed by atoms with Gasteiger partial charge in [-0.3, -0.25) is 10.1 Å². The van der Waals surface area contributed by atoms with Gasteiger partial charge >= 0.3 is 0 Å². The van der Waals surface area contributed by atoms with E-state index in [1.165, 1.54) is 0 Å². The average Bonchev–Trinajstić information content (AvgIpc) is 3.12. The first-order valence-corrected chi connectivity index (χ1v) is 10.3. The Kier molecular flexibility index (Phi) is 6.45. The van der Waals surface area contributed by atoms with E-state index in [2.05, 4.69) is 4.57 Å². The Balaban J connectivity index is 1.55. The minimum atomic E-state index is -0.363. The number of non-ortho nitro benzene ring substituents is 1. The Morgan fingerprint density at radius 2 is 1.55 bits per heavy atom. The second-order valence-electron chi connectivity index (χ2n) is 6.96. The predicted octanol–water partition coefficient (Wildman–Crippen LogP) is 5.12. The van der Waals surface area contributed by atoms with Crippen molar-refractivity contribution in [1.29, 1.82) is 0 Å². The van der Waals surface area contributed by atoms with Crippen LogP contribution in [0.2, 0.25) is 0 Å². The van der Waals surface area contributed by atoms with E-state index >= 15 is 0 Å². The molecule has 0 N–H and O–H groups in total. The summed E-state index contributed by atoms with van der Waals surface area (Å²) in [6, 6.07) is 20.7. The van der Waals surface area contributed by atoms with E-state index in [0.29, 0.717) is 33.0 Å². The molecule has 0 saturated carbocycles. The Hall–Kier alpha value is -3.42. The van der Waals surface area contributed by atoms with Crippen LogP contribution in [0.1, 0.15) is 6.92 Å². The Morgan fingerprint density at radius 1 is 0.839 bits per heavy atom. The summed E-state index contributed by atoms with van der Waals surface area (Å²) in [5, 5.41) is 13.1. The van der Waals surface area contributed by atoms with Gasteiger partial charge in [-0.25, -0.2) is 0 Å². The number of fused-ring (bicyclic) bond motifs is 3. The molecule has 0 bridgehead atoms. The fourth-order valence-corrected chi connectivity index (χ4v) is 3.63. The van der Waals surface area contributed by atoms with E-state index < -0.39 is 0 Å². The van der Waals surface area contributed by atoms with E-state index in [0.717, 1.165) is 33.2 Å². The molecular weight excluding hydrogens is 396 g/mol. The summed E-state index contributed by atoms with van der Waals surface area (Å²) < 4.78 is 18.5. The van der Waals surface area contributed by atoms with Crippen LogP contribution in [0.4, 0.5) is 5.69 Å². The number of benzene rings is 3. The van der Waals surface area contributed by atoms with Gasteiger partial charge in [0.2, 0.25) is 0 Å². The molecule has 0 fully saturated rings. The molecule has 0 aliphatic heterocycles. The maximum Gasteiger partial charge on any atom is 0.270 e. The molecule has 1 heterocycles. The van der Waals surface area contributed by atoms with Crippen LogP contribution in [-0.2, 0) is 9.47 Å². The summed E-state index contributed by atoms with van der Waals surface area (Å²) >= 11 is 0. The second kappa shape index (κ2) is 9.59. The first-order valence-electron chi connectivity index (χ1n) is 10.3. The average molecular weight is 420 g/mol. The number of hydrogen-bond acceptors (Lipinski definition) is 5. The lowest BCUT2D eigenvalue weighted by Gasteiger charge is -2.10. The zero-order chi connectivity index (χ0) is 21.6. The molecule has 0 amide bonds. The lowest BCUT2D eigenvalue weighted by Crippen LogP contribution is -2.10. The van der Waals surface area contributed by atoms with Crippen molar-refractivity contribution in [1.82, 2.24) is 4.57 Å². The molecule has 0 saturated heterocycles. The Bertz CT molecular complexity index is 1180. The molecular formula is C24H24N2O5. The first-order chi connectivity index (χ1) is 15.2. The Labute approximate surface area is 179 Å². The molecule has 160 valence electrons. The molecule has 0 aliphatic carbocycles. The molecule has 4 aromatic rings. The molecule has 4 rings (SSSR count). The van der Waals surface area contributed by atoms with Crippen LogP contribution in [0.15, 0.2) is 66.7 Å². The van der Waals surface area contributed by atoms with Gasteiger partial charge in [0.1, 0.15) is 12.4 Å². The number of nitrogens with zero attached hydrogens (tertiary/aromatic N) is 2. The van der Waals surface area contributed by atoms with Crippen molar-refractivity contribution in [2.45, 2.75) is 6.92 Å². The lowest BCUT2D eigenvalue weighted by atomic mass is 10.1. The van der Waals surface area contributed by atoms with Gasteiger partial charge in [0.05, 0.1) is 35.8 Å². The van der Waals surface area contributed by atoms with E-state index in [-0.39, 0.29) is 10.6 Å². The van der Waals surface area contributed by atoms with E-state index in [1.54, 1.807) is 18.2 Å². The van der Waals surface area contributed by atoms with Gasteiger partial charge in [-0.05, 0) is 43.3 Å². The molecule has 0 unspecified atom stereocenters. The number of aromatic nitrogens is 1. The summed E-state index contributed by atoms with van der Waals surface area (Å²) in [4.78, 5) is 10.9. The van der Waals surface area contributed by atoms with Crippen LogP contribution in [0.25, 0.3) is 27.5 Å². The fraction of sp³-hybridized carbons (Fsp3) is 0.250. The molecule has 3 aromatic carbocycles. The zero-order valence-corrected chi connectivity index (χ0v) is 17.3. The molecule has 0 spiro atoms. The van der Waals surface area contributed by atoms with E-state index in [9.17, 15) is 10.1 Å². The van der Waals surface area contributed by atoms with Crippen LogP contribution in [-0.4, -0.2) is 42.5 Å². The maximum absolute atomic E-state index is 11.2. The third-order valence-corrected chi connectivity index (χ3v) is 5.03. The number of para-hydroxylation sites is 1. The number of nitro benzene ring substituents is 1. The van der Waals surface area contributed by atoms with Gasteiger partial charge in [0.25, 0.3) is 5.69 Å². The highest BCUT2D eigenvalue weighted by Crippen LogP contribution is 2.34. The van der Waals surface area contributed by atoms with Gasteiger partial charge in [-0.2, -0.15) is 0 Å². The molecule has 31 heavy (non-hydrogen) atoms. The number of ether oxygens (including phenoxy) is 3. The van der Waals surface area contributed by atoms with Crippen LogP contribution < -0.4 is 4.74 Å². The lowest BCUT2D eigenvalue weighted by molar-refractivity contribution is -0.384. The third kappa shape index (κ3) is 4.52. The van der Waals surface area contributed by atoms with Crippen LogP contribution in [0.5, 0.6) is 5.75 Å². The highest BCUT2D eigenvalue weighted by atomic mass is 16.6. The zero-order valence-electron chi connectivity index (χ0n) is 17.3. The van der Waals surface area contributed by atoms with Crippen molar-refractivity contribution in [3.05, 3.63) is 76.8 Å². The normalized spacial score (nSPS) is 11.3. The maximum atomic E-state index is 11.2. The standard InChI is InChI=1S/C24H24N2O5/c1-2-29-13-14-30-15-16-31-20-10-7-18(8-11-20)25-23-6-4-3-5-21(23)22-17-19(26(27)28)9-12-24(22)25/h3-12,17H,2,13-16H2,1H3. The first kappa shape index (κ1) is 20.8. The largest absolute Gasteiger partial charge is 0.491 e.